The third-order valence-electron chi connectivity index (χ3n) is 2.33. The zero-order valence-electron chi connectivity index (χ0n) is 8.95. The summed E-state index contributed by atoms with van der Waals surface area (Å²) < 4.78 is 5.12. The first kappa shape index (κ1) is 11.7. The van der Waals surface area contributed by atoms with Gasteiger partial charge in [0.1, 0.15) is 0 Å². The molecule has 1 N–H and O–H groups in total. The number of rotatable bonds is 7. The molecule has 80 valence electrons. The van der Waals surface area contributed by atoms with E-state index >= 15 is 0 Å². The summed E-state index contributed by atoms with van der Waals surface area (Å²) in [7, 11) is 3.75. The number of hydrogen-bond donors (Lipinski definition) is 1. The van der Waals surface area contributed by atoms with Crippen LogP contribution in [-0.2, 0) is 11.2 Å². The number of nitrogens with one attached hydrogen (secondary N) is 1. The average Bonchev–Trinajstić information content (AvgIpc) is 2.69. The van der Waals surface area contributed by atoms with E-state index in [1.54, 1.807) is 7.11 Å². The number of thiophene rings is 1. The Labute approximate surface area is 90.3 Å². The van der Waals surface area contributed by atoms with Crippen molar-refractivity contribution in [2.24, 2.45) is 0 Å². The topological polar surface area (TPSA) is 21.3 Å². The molecule has 14 heavy (non-hydrogen) atoms. The van der Waals surface area contributed by atoms with Crippen molar-refractivity contribution in [1.29, 1.82) is 0 Å². The first-order chi connectivity index (χ1) is 6.86. The zero-order chi connectivity index (χ0) is 10.2. The molecular weight excluding hydrogens is 194 g/mol. The molecule has 1 rings (SSSR count). The number of hydrogen-bond acceptors (Lipinski definition) is 3. The monoisotopic (exact) mass is 213 g/mol. The highest BCUT2D eigenvalue weighted by molar-refractivity contribution is 7.09. The fraction of sp³-hybridized carbons (Fsp3) is 0.636. The van der Waals surface area contributed by atoms with Gasteiger partial charge in [-0.3, -0.25) is 0 Å². The van der Waals surface area contributed by atoms with Crippen LogP contribution in [0.5, 0.6) is 0 Å². The zero-order valence-corrected chi connectivity index (χ0v) is 9.77. The van der Waals surface area contributed by atoms with Gasteiger partial charge in [-0.1, -0.05) is 6.07 Å². The Morgan fingerprint density at radius 1 is 1.57 bits per heavy atom. The fourth-order valence-electron chi connectivity index (χ4n) is 1.49. The van der Waals surface area contributed by atoms with Crippen LogP contribution in [0.3, 0.4) is 0 Å². The maximum Gasteiger partial charge on any atom is 0.0615 e. The van der Waals surface area contributed by atoms with Crippen molar-refractivity contribution in [2.75, 3.05) is 20.8 Å². The lowest BCUT2D eigenvalue weighted by atomic mass is 10.1. The normalized spacial score (nSPS) is 13.0. The molecule has 1 aromatic heterocycles. The molecule has 0 radical (unpaired) electrons. The molecule has 0 aliphatic rings. The molecule has 1 unspecified atom stereocenters. The van der Waals surface area contributed by atoms with Gasteiger partial charge in [0.2, 0.25) is 0 Å². The van der Waals surface area contributed by atoms with Crippen LogP contribution in [0.15, 0.2) is 17.5 Å². The molecule has 0 saturated carbocycles. The minimum Gasteiger partial charge on any atom is -0.383 e. The Morgan fingerprint density at radius 2 is 2.43 bits per heavy atom. The van der Waals surface area contributed by atoms with Crippen molar-refractivity contribution in [3.05, 3.63) is 22.4 Å². The van der Waals surface area contributed by atoms with Gasteiger partial charge >= 0.3 is 0 Å². The van der Waals surface area contributed by atoms with Crippen LogP contribution in [0.1, 0.15) is 17.7 Å². The minimum atomic E-state index is 0.500. The van der Waals surface area contributed by atoms with Gasteiger partial charge in [0.05, 0.1) is 6.61 Å². The molecule has 0 bridgehead atoms. The van der Waals surface area contributed by atoms with Crippen LogP contribution in [-0.4, -0.2) is 26.8 Å². The molecule has 1 heterocycles. The second-order valence-corrected chi connectivity index (χ2v) is 4.44. The summed E-state index contributed by atoms with van der Waals surface area (Å²) in [6.07, 6.45) is 3.61. The summed E-state index contributed by atoms with van der Waals surface area (Å²) >= 11 is 1.84. The molecule has 1 atom stereocenters. The number of likely N-dealkylation sites (N-methyl/N-ethyl adjacent to an activating group) is 1. The lowest BCUT2D eigenvalue weighted by Gasteiger charge is -2.14. The van der Waals surface area contributed by atoms with E-state index in [-0.39, 0.29) is 0 Å². The molecular formula is C11H19NOS. The fourth-order valence-corrected chi connectivity index (χ4v) is 2.24. The van der Waals surface area contributed by atoms with Crippen LogP contribution >= 0.6 is 11.3 Å². The van der Waals surface area contributed by atoms with Crippen molar-refractivity contribution in [3.8, 4) is 0 Å². The lowest BCUT2D eigenvalue weighted by molar-refractivity contribution is 0.165. The van der Waals surface area contributed by atoms with E-state index in [2.05, 4.69) is 22.8 Å². The van der Waals surface area contributed by atoms with E-state index in [1.165, 1.54) is 24.1 Å². The highest BCUT2D eigenvalue weighted by Gasteiger charge is 2.04. The van der Waals surface area contributed by atoms with Crippen molar-refractivity contribution in [2.45, 2.75) is 25.3 Å². The molecule has 0 spiro atoms. The largest absolute Gasteiger partial charge is 0.383 e. The molecule has 1 aromatic rings. The summed E-state index contributed by atoms with van der Waals surface area (Å²) in [5.74, 6) is 0. The molecule has 0 saturated heterocycles. The Balaban J connectivity index is 2.13. The van der Waals surface area contributed by atoms with Crippen LogP contribution in [0.2, 0.25) is 0 Å². The summed E-state index contributed by atoms with van der Waals surface area (Å²) in [6.45, 7) is 0.806. The van der Waals surface area contributed by atoms with Crippen LogP contribution in [0.25, 0.3) is 0 Å². The quantitative estimate of drug-likeness (QED) is 0.750. The van der Waals surface area contributed by atoms with Crippen molar-refractivity contribution in [3.63, 3.8) is 0 Å². The van der Waals surface area contributed by atoms with Gasteiger partial charge in [-0.05, 0) is 37.8 Å². The number of ether oxygens (including phenoxy) is 1. The van der Waals surface area contributed by atoms with Crippen LogP contribution in [0.4, 0.5) is 0 Å². The van der Waals surface area contributed by atoms with Gasteiger partial charge in [-0.2, -0.15) is 0 Å². The van der Waals surface area contributed by atoms with Crippen molar-refractivity contribution in [1.82, 2.24) is 5.32 Å². The predicted molar refractivity (Wildman–Crippen MR) is 62.0 cm³/mol. The van der Waals surface area contributed by atoms with E-state index in [9.17, 15) is 0 Å². The number of aryl methyl sites for hydroxylation is 1. The first-order valence-electron chi connectivity index (χ1n) is 5.05. The van der Waals surface area contributed by atoms with Gasteiger partial charge in [0.15, 0.2) is 0 Å². The minimum absolute atomic E-state index is 0.500. The van der Waals surface area contributed by atoms with E-state index in [0.717, 1.165) is 6.61 Å². The molecule has 0 fully saturated rings. The van der Waals surface area contributed by atoms with Crippen LogP contribution < -0.4 is 5.32 Å². The Bertz CT molecular complexity index is 223. The molecule has 0 aromatic carbocycles. The van der Waals surface area contributed by atoms with Crippen molar-refractivity contribution < 1.29 is 4.74 Å². The standard InChI is InChI=1S/C11H19NOS/c1-12-10(9-13-2)5-3-6-11-7-4-8-14-11/h4,7-8,10,12H,3,5-6,9H2,1-2H3. The van der Waals surface area contributed by atoms with Gasteiger partial charge in [0, 0.05) is 18.0 Å². The van der Waals surface area contributed by atoms with E-state index in [4.69, 9.17) is 4.74 Å². The predicted octanol–water partition coefficient (Wildman–Crippen LogP) is 2.31. The van der Waals surface area contributed by atoms with E-state index < -0.39 is 0 Å². The van der Waals surface area contributed by atoms with Gasteiger partial charge < -0.3 is 10.1 Å². The smallest absolute Gasteiger partial charge is 0.0615 e. The molecule has 0 amide bonds. The summed E-state index contributed by atoms with van der Waals surface area (Å²) in [5, 5.41) is 5.40. The Morgan fingerprint density at radius 3 is 3.00 bits per heavy atom. The second kappa shape index (κ2) is 6.98. The van der Waals surface area contributed by atoms with E-state index in [1.807, 2.05) is 18.4 Å². The van der Waals surface area contributed by atoms with Gasteiger partial charge in [-0.25, -0.2) is 0 Å². The van der Waals surface area contributed by atoms with Crippen LogP contribution in [0, 0.1) is 0 Å². The Hall–Kier alpha value is -0.380. The highest BCUT2D eigenvalue weighted by atomic mass is 32.1. The van der Waals surface area contributed by atoms with Gasteiger partial charge in [0.25, 0.3) is 0 Å². The summed E-state index contributed by atoms with van der Waals surface area (Å²) in [6, 6.07) is 4.82. The molecule has 2 nitrogen and oxygen atoms in total. The third-order valence-corrected chi connectivity index (χ3v) is 3.27. The molecule has 3 heteroatoms. The second-order valence-electron chi connectivity index (χ2n) is 3.41. The maximum absolute atomic E-state index is 5.12. The van der Waals surface area contributed by atoms with E-state index in [0.29, 0.717) is 6.04 Å². The lowest BCUT2D eigenvalue weighted by Crippen LogP contribution is -2.29. The van der Waals surface area contributed by atoms with Gasteiger partial charge in [-0.15, -0.1) is 11.3 Å². The average molecular weight is 213 g/mol. The summed E-state index contributed by atoms with van der Waals surface area (Å²) in [4.78, 5) is 1.48. The highest BCUT2D eigenvalue weighted by Crippen LogP contribution is 2.12. The third kappa shape index (κ3) is 4.22. The molecule has 0 aliphatic heterocycles. The Kier molecular flexibility index (Phi) is 5.83. The van der Waals surface area contributed by atoms with Crippen molar-refractivity contribution >= 4 is 11.3 Å². The number of methoxy groups -OCH3 is 1. The molecule has 0 aliphatic carbocycles. The first-order valence-corrected chi connectivity index (χ1v) is 5.93. The summed E-state index contributed by atoms with van der Waals surface area (Å²) in [5.41, 5.74) is 0. The SMILES string of the molecule is CNC(CCCc1cccs1)COC. The maximum atomic E-state index is 5.12.